The molecule has 1 aliphatic heterocycles. The number of ether oxygens (including phenoxy) is 2. The molecule has 1 unspecified atom stereocenters. The van der Waals surface area contributed by atoms with Gasteiger partial charge in [0.25, 0.3) is 0 Å². The van der Waals surface area contributed by atoms with E-state index in [1.165, 1.54) is 12.8 Å². The fraction of sp³-hybridized carbons (Fsp3) is 1.00. The lowest BCUT2D eigenvalue weighted by molar-refractivity contribution is -0.200. The predicted molar refractivity (Wildman–Crippen MR) is 73.1 cm³/mol. The second-order valence-electron chi connectivity index (χ2n) is 5.50. The summed E-state index contributed by atoms with van der Waals surface area (Å²) >= 11 is 0. The van der Waals surface area contributed by atoms with Crippen LogP contribution >= 0.6 is 0 Å². The Kier molecular flexibility index (Phi) is 7.94. The van der Waals surface area contributed by atoms with Crippen molar-refractivity contribution in [2.24, 2.45) is 0 Å². The van der Waals surface area contributed by atoms with Crippen LogP contribution in [-0.2, 0) is 9.47 Å². The van der Waals surface area contributed by atoms with E-state index in [0.29, 0.717) is 0 Å². The summed E-state index contributed by atoms with van der Waals surface area (Å²) in [5.41, 5.74) is 0. The average Bonchev–Trinajstić information content (AvgIpc) is 2.71. The molecule has 1 saturated heterocycles. The summed E-state index contributed by atoms with van der Waals surface area (Å²) in [5, 5.41) is 38.0. The van der Waals surface area contributed by atoms with E-state index in [-0.39, 0.29) is 6.10 Å². The Bertz CT molecular complexity index is 262. The standard InChI is InChI=1S/C14H28O6/c1-3-4-5-6-7-9(2)19-14-12(18)11(17)13(20-14)10(16)8-15/h9-18H,3-8H2,1-2H3/t9?,10-,11-,12-,13-,14+/m1/s1. The molecule has 0 aromatic heterocycles. The predicted octanol–water partition coefficient (Wildman–Crippen LogP) is 0.162. The van der Waals surface area contributed by atoms with Crippen LogP contribution in [0.2, 0.25) is 0 Å². The molecule has 0 radical (unpaired) electrons. The first-order valence-electron chi connectivity index (χ1n) is 7.47. The summed E-state index contributed by atoms with van der Waals surface area (Å²) < 4.78 is 10.9. The van der Waals surface area contributed by atoms with Crippen molar-refractivity contribution >= 4 is 0 Å². The Labute approximate surface area is 120 Å². The van der Waals surface area contributed by atoms with E-state index >= 15 is 0 Å². The molecule has 4 N–H and O–H groups in total. The molecule has 0 saturated carbocycles. The van der Waals surface area contributed by atoms with E-state index in [1.807, 2.05) is 6.92 Å². The highest BCUT2D eigenvalue weighted by atomic mass is 16.7. The van der Waals surface area contributed by atoms with Crippen LogP contribution in [0, 0.1) is 0 Å². The van der Waals surface area contributed by atoms with Gasteiger partial charge in [0.15, 0.2) is 6.29 Å². The molecule has 1 heterocycles. The van der Waals surface area contributed by atoms with Gasteiger partial charge in [-0.25, -0.2) is 0 Å². The Balaban J connectivity index is 2.36. The van der Waals surface area contributed by atoms with Gasteiger partial charge in [0.1, 0.15) is 24.4 Å². The van der Waals surface area contributed by atoms with E-state index < -0.39 is 37.3 Å². The summed E-state index contributed by atoms with van der Waals surface area (Å²) in [4.78, 5) is 0. The number of rotatable bonds is 9. The minimum absolute atomic E-state index is 0.0938. The van der Waals surface area contributed by atoms with Crippen molar-refractivity contribution in [2.45, 2.75) is 82.8 Å². The van der Waals surface area contributed by atoms with Crippen LogP contribution in [0.25, 0.3) is 0 Å². The molecule has 0 aromatic carbocycles. The lowest BCUT2D eigenvalue weighted by Crippen LogP contribution is -2.40. The maximum atomic E-state index is 9.84. The molecule has 6 heteroatoms. The van der Waals surface area contributed by atoms with E-state index in [1.54, 1.807) is 0 Å². The third kappa shape index (κ3) is 4.95. The van der Waals surface area contributed by atoms with Gasteiger partial charge in [-0.3, -0.25) is 0 Å². The van der Waals surface area contributed by atoms with E-state index in [4.69, 9.17) is 14.6 Å². The Hall–Kier alpha value is -0.240. The molecule has 20 heavy (non-hydrogen) atoms. The largest absolute Gasteiger partial charge is 0.394 e. The summed E-state index contributed by atoms with van der Waals surface area (Å²) in [6.07, 6.45) is -0.355. The maximum Gasteiger partial charge on any atom is 0.186 e. The average molecular weight is 292 g/mol. The van der Waals surface area contributed by atoms with Crippen molar-refractivity contribution < 1.29 is 29.9 Å². The molecule has 0 aromatic rings. The van der Waals surface area contributed by atoms with Gasteiger partial charge in [-0.15, -0.1) is 0 Å². The minimum Gasteiger partial charge on any atom is -0.394 e. The second kappa shape index (κ2) is 8.92. The van der Waals surface area contributed by atoms with Crippen LogP contribution in [0.15, 0.2) is 0 Å². The summed E-state index contributed by atoms with van der Waals surface area (Å²) in [6, 6.07) is 0. The summed E-state index contributed by atoms with van der Waals surface area (Å²) in [7, 11) is 0. The molecule has 6 atom stereocenters. The van der Waals surface area contributed by atoms with E-state index in [0.717, 1.165) is 19.3 Å². The van der Waals surface area contributed by atoms with Crippen LogP contribution < -0.4 is 0 Å². The van der Waals surface area contributed by atoms with Crippen LogP contribution in [0.4, 0.5) is 0 Å². The third-order valence-corrected chi connectivity index (χ3v) is 3.65. The van der Waals surface area contributed by atoms with Gasteiger partial charge in [-0.2, -0.15) is 0 Å². The number of hydrogen-bond acceptors (Lipinski definition) is 6. The van der Waals surface area contributed by atoms with Gasteiger partial charge in [-0.1, -0.05) is 32.6 Å². The highest BCUT2D eigenvalue weighted by Gasteiger charge is 2.46. The molecule has 120 valence electrons. The number of aliphatic hydroxyl groups is 4. The number of aliphatic hydroxyl groups excluding tert-OH is 4. The monoisotopic (exact) mass is 292 g/mol. The molecular weight excluding hydrogens is 264 g/mol. The Morgan fingerprint density at radius 2 is 1.85 bits per heavy atom. The quantitative estimate of drug-likeness (QED) is 0.452. The SMILES string of the molecule is CCCCCCC(C)O[C@H]1O[C@H]([C@H](O)CO)[C@H](O)[C@H]1O. The van der Waals surface area contributed by atoms with Crippen molar-refractivity contribution in [3.05, 3.63) is 0 Å². The zero-order valence-electron chi connectivity index (χ0n) is 12.3. The molecule has 0 bridgehead atoms. The van der Waals surface area contributed by atoms with Crippen LogP contribution in [0.3, 0.4) is 0 Å². The van der Waals surface area contributed by atoms with Gasteiger partial charge >= 0.3 is 0 Å². The zero-order chi connectivity index (χ0) is 15.1. The molecule has 1 fully saturated rings. The molecular formula is C14H28O6. The van der Waals surface area contributed by atoms with Gasteiger partial charge < -0.3 is 29.9 Å². The first-order valence-corrected chi connectivity index (χ1v) is 7.47. The molecule has 0 amide bonds. The molecule has 1 rings (SSSR count). The normalized spacial score (nSPS) is 33.3. The van der Waals surface area contributed by atoms with Gasteiger partial charge in [0, 0.05) is 0 Å². The van der Waals surface area contributed by atoms with Crippen molar-refractivity contribution in [2.75, 3.05) is 6.61 Å². The molecule has 0 spiro atoms. The first-order chi connectivity index (χ1) is 9.51. The Morgan fingerprint density at radius 3 is 2.45 bits per heavy atom. The van der Waals surface area contributed by atoms with Gasteiger partial charge in [0.05, 0.1) is 12.7 Å². The highest BCUT2D eigenvalue weighted by molar-refractivity contribution is 4.90. The Morgan fingerprint density at radius 1 is 1.15 bits per heavy atom. The third-order valence-electron chi connectivity index (χ3n) is 3.65. The van der Waals surface area contributed by atoms with Crippen molar-refractivity contribution in [1.29, 1.82) is 0 Å². The summed E-state index contributed by atoms with van der Waals surface area (Å²) in [6.45, 7) is 3.51. The van der Waals surface area contributed by atoms with Crippen molar-refractivity contribution in [3.8, 4) is 0 Å². The minimum atomic E-state index is -1.26. The van der Waals surface area contributed by atoms with Gasteiger partial charge in [-0.05, 0) is 13.3 Å². The van der Waals surface area contributed by atoms with Crippen LogP contribution in [0.5, 0.6) is 0 Å². The van der Waals surface area contributed by atoms with Crippen LogP contribution in [-0.4, -0.2) is 63.8 Å². The summed E-state index contributed by atoms with van der Waals surface area (Å²) in [5.74, 6) is 0. The maximum absolute atomic E-state index is 9.84. The smallest absolute Gasteiger partial charge is 0.186 e. The van der Waals surface area contributed by atoms with E-state index in [9.17, 15) is 15.3 Å². The molecule has 6 nitrogen and oxygen atoms in total. The van der Waals surface area contributed by atoms with Crippen LogP contribution in [0.1, 0.15) is 46.0 Å². The fourth-order valence-electron chi connectivity index (χ4n) is 2.36. The number of hydrogen-bond donors (Lipinski definition) is 4. The molecule has 0 aliphatic carbocycles. The highest BCUT2D eigenvalue weighted by Crippen LogP contribution is 2.26. The number of unbranched alkanes of at least 4 members (excludes halogenated alkanes) is 3. The van der Waals surface area contributed by atoms with Crippen molar-refractivity contribution in [3.63, 3.8) is 0 Å². The molecule has 1 aliphatic rings. The lowest BCUT2D eigenvalue weighted by Gasteiger charge is -2.21. The fourth-order valence-corrected chi connectivity index (χ4v) is 2.36. The first kappa shape index (κ1) is 17.8. The van der Waals surface area contributed by atoms with Crippen molar-refractivity contribution in [1.82, 2.24) is 0 Å². The van der Waals surface area contributed by atoms with E-state index in [2.05, 4.69) is 6.92 Å². The van der Waals surface area contributed by atoms with Gasteiger partial charge in [0.2, 0.25) is 0 Å². The zero-order valence-corrected chi connectivity index (χ0v) is 12.3. The lowest BCUT2D eigenvalue weighted by atomic mass is 10.1. The second-order valence-corrected chi connectivity index (χ2v) is 5.50. The topological polar surface area (TPSA) is 99.4 Å².